The molecule has 0 atom stereocenters. The summed E-state index contributed by atoms with van der Waals surface area (Å²) in [6.45, 7) is 5.14. The van der Waals surface area contributed by atoms with E-state index in [1.165, 1.54) is 0 Å². The molecule has 25 heavy (non-hydrogen) atoms. The van der Waals surface area contributed by atoms with Gasteiger partial charge in [-0.05, 0) is 26.0 Å². The molecule has 1 saturated heterocycles. The van der Waals surface area contributed by atoms with Gasteiger partial charge in [-0.15, -0.1) is 0 Å². The molecule has 7 heteroatoms. The van der Waals surface area contributed by atoms with E-state index in [0.717, 1.165) is 29.1 Å². The number of para-hydroxylation sites is 1. The summed E-state index contributed by atoms with van der Waals surface area (Å²) in [5.41, 5.74) is 0.893. The Morgan fingerprint density at radius 2 is 2.12 bits per heavy atom. The second-order valence-corrected chi connectivity index (χ2v) is 9.72. The van der Waals surface area contributed by atoms with Gasteiger partial charge in [-0.25, -0.2) is 8.42 Å². The predicted octanol–water partition coefficient (Wildman–Crippen LogP) is 2.06. The second kappa shape index (κ2) is 6.71. The zero-order valence-electron chi connectivity index (χ0n) is 14.9. The van der Waals surface area contributed by atoms with Crippen LogP contribution in [0.1, 0.15) is 19.6 Å². The topological polar surface area (TPSA) is 74.9 Å². The highest BCUT2D eigenvalue weighted by Crippen LogP contribution is 2.23. The average molecular weight is 363 g/mol. The smallest absolute Gasteiger partial charge is 0.193 e. The Morgan fingerprint density at radius 1 is 1.36 bits per heavy atom. The number of sulfone groups is 1. The van der Waals surface area contributed by atoms with Crippen LogP contribution in [0.2, 0.25) is 0 Å². The Kier molecular flexibility index (Phi) is 4.77. The lowest BCUT2D eigenvalue weighted by atomic mass is 10.2. The minimum absolute atomic E-state index is 0.157. The summed E-state index contributed by atoms with van der Waals surface area (Å²) in [4.78, 5) is 6.32. The van der Waals surface area contributed by atoms with E-state index in [2.05, 4.69) is 16.4 Å². The third kappa shape index (κ3) is 3.66. The van der Waals surface area contributed by atoms with Crippen LogP contribution in [0.25, 0.3) is 11.0 Å². The first kappa shape index (κ1) is 17.8. The first-order valence-corrected chi connectivity index (χ1v) is 10.1. The Balaban J connectivity index is 1.60. The highest BCUT2D eigenvalue weighted by atomic mass is 32.2. The maximum absolute atomic E-state index is 12.1. The van der Waals surface area contributed by atoms with Crippen LogP contribution in [0.15, 0.2) is 39.7 Å². The quantitative estimate of drug-likeness (QED) is 0.667. The molecule has 1 fully saturated rings. The number of fused-ring (bicyclic) bond motifs is 1. The van der Waals surface area contributed by atoms with Crippen molar-refractivity contribution in [3.63, 3.8) is 0 Å². The fourth-order valence-electron chi connectivity index (χ4n) is 3.11. The van der Waals surface area contributed by atoms with Gasteiger partial charge in [0.15, 0.2) is 15.8 Å². The number of nitrogens with zero attached hydrogens (tertiary/aromatic N) is 2. The molecule has 1 aliphatic heterocycles. The molecular weight excluding hydrogens is 338 g/mol. The summed E-state index contributed by atoms with van der Waals surface area (Å²) in [7, 11) is -1.33. The number of guanidine groups is 1. The molecule has 1 aliphatic rings. The third-order valence-electron chi connectivity index (χ3n) is 4.69. The van der Waals surface area contributed by atoms with Gasteiger partial charge in [0.25, 0.3) is 0 Å². The molecule has 0 unspecified atom stereocenters. The first-order chi connectivity index (χ1) is 11.8. The van der Waals surface area contributed by atoms with Gasteiger partial charge >= 0.3 is 0 Å². The number of furan rings is 1. The van der Waals surface area contributed by atoms with Crippen LogP contribution < -0.4 is 5.32 Å². The van der Waals surface area contributed by atoms with Crippen LogP contribution in [0, 0.1) is 0 Å². The van der Waals surface area contributed by atoms with Crippen LogP contribution in [-0.2, 0) is 16.3 Å². The monoisotopic (exact) mass is 363 g/mol. The minimum atomic E-state index is -3.05. The fourth-order valence-corrected chi connectivity index (χ4v) is 4.48. The lowest BCUT2D eigenvalue weighted by Gasteiger charge is -2.39. The summed E-state index contributed by atoms with van der Waals surface area (Å²) >= 11 is 0. The van der Waals surface area contributed by atoms with Gasteiger partial charge in [0, 0.05) is 38.5 Å². The molecule has 0 saturated carbocycles. The number of hydrogen-bond donors (Lipinski definition) is 1. The minimum Gasteiger partial charge on any atom is -0.461 e. The van der Waals surface area contributed by atoms with Gasteiger partial charge in [-0.3, -0.25) is 4.99 Å². The molecule has 0 spiro atoms. The molecule has 2 heterocycles. The molecule has 1 aromatic carbocycles. The van der Waals surface area contributed by atoms with Gasteiger partial charge in [0.2, 0.25) is 0 Å². The predicted molar refractivity (Wildman–Crippen MR) is 101 cm³/mol. The number of hydrogen-bond acceptors (Lipinski definition) is 4. The molecule has 2 aromatic rings. The fraction of sp³-hybridized carbons (Fsp3) is 0.500. The number of nitrogens with one attached hydrogen (secondary N) is 1. The van der Waals surface area contributed by atoms with Crippen LogP contribution in [0.4, 0.5) is 0 Å². The summed E-state index contributed by atoms with van der Waals surface area (Å²) < 4.78 is 29.3. The van der Waals surface area contributed by atoms with E-state index in [4.69, 9.17) is 4.42 Å². The Hall–Kier alpha value is -2.02. The van der Waals surface area contributed by atoms with Crippen molar-refractivity contribution in [3.05, 3.63) is 36.1 Å². The van der Waals surface area contributed by atoms with Crippen LogP contribution >= 0.6 is 0 Å². The SMILES string of the molecule is CN=C(NCCc1cc2ccccc2o1)N1CCS(=O)(=O)C(C)(C)C1. The third-order valence-corrected chi connectivity index (χ3v) is 7.22. The molecule has 1 N–H and O–H groups in total. The highest BCUT2D eigenvalue weighted by molar-refractivity contribution is 7.92. The summed E-state index contributed by atoms with van der Waals surface area (Å²) in [5.74, 6) is 1.81. The van der Waals surface area contributed by atoms with Crippen molar-refractivity contribution < 1.29 is 12.8 Å². The van der Waals surface area contributed by atoms with Crippen LogP contribution in [0.3, 0.4) is 0 Å². The summed E-state index contributed by atoms with van der Waals surface area (Å²) in [6.07, 6.45) is 0.739. The van der Waals surface area contributed by atoms with E-state index >= 15 is 0 Å². The Labute approximate surface area is 148 Å². The van der Waals surface area contributed by atoms with Gasteiger partial charge in [-0.2, -0.15) is 0 Å². The molecule has 3 rings (SSSR count). The lowest BCUT2D eigenvalue weighted by Crippen LogP contribution is -2.57. The normalized spacial score (nSPS) is 20.0. The average Bonchev–Trinajstić information content (AvgIpc) is 2.97. The van der Waals surface area contributed by atoms with Gasteiger partial charge < -0.3 is 14.6 Å². The molecule has 0 amide bonds. The molecule has 0 bridgehead atoms. The standard InChI is InChI=1S/C18H25N3O3S/c1-18(2)13-21(10-11-25(18,22)23)17(19-3)20-9-8-15-12-14-6-4-5-7-16(14)24-15/h4-7,12H,8-11,13H2,1-3H3,(H,19,20). The number of benzene rings is 1. The second-order valence-electron chi connectivity index (χ2n) is 6.97. The zero-order chi connectivity index (χ0) is 18.1. The molecule has 136 valence electrons. The van der Waals surface area contributed by atoms with E-state index < -0.39 is 14.6 Å². The van der Waals surface area contributed by atoms with E-state index in [9.17, 15) is 8.42 Å². The van der Waals surface area contributed by atoms with Crippen molar-refractivity contribution in [2.24, 2.45) is 4.99 Å². The Morgan fingerprint density at radius 3 is 2.80 bits per heavy atom. The van der Waals surface area contributed by atoms with Gasteiger partial charge in [-0.1, -0.05) is 18.2 Å². The van der Waals surface area contributed by atoms with Crippen molar-refractivity contribution in [2.75, 3.05) is 32.4 Å². The van der Waals surface area contributed by atoms with Crippen molar-refractivity contribution in [2.45, 2.75) is 25.0 Å². The maximum atomic E-state index is 12.1. The van der Waals surface area contributed by atoms with Crippen LogP contribution in [0.5, 0.6) is 0 Å². The summed E-state index contributed by atoms with van der Waals surface area (Å²) in [6, 6.07) is 10.00. The number of aliphatic imine (C=N–C) groups is 1. The van der Waals surface area contributed by atoms with E-state index in [0.29, 0.717) is 19.6 Å². The summed E-state index contributed by atoms with van der Waals surface area (Å²) in [5, 5.41) is 4.42. The van der Waals surface area contributed by atoms with Gasteiger partial charge in [0.05, 0.1) is 10.5 Å². The first-order valence-electron chi connectivity index (χ1n) is 8.48. The Bertz CT molecular complexity index is 851. The van der Waals surface area contributed by atoms with E-state index in [1.54, 1.807) is 20.9 Å². The van der Waals surface area contributed by atoms with Crippen molar-refractivity contribution in [3.8, 4) is 0 Å². The largest absolute Gasteiger partial charge is 0.461 e. The highest BCUT2D eigenvalue weighted by Gasteiger charge is 2.40. The van der Waals surface area contributed by atoms with E-state index in [1.807, 2.05) is 29.2 Å². The van der Waals surface area contributed by atoms with Crippen molar-refractivity contribution in [1.29, 1.82) is 0 Å². The number of rotatable bonds is 3. The zero-order valence-corrected chi connectivity index (χ0v) is 15.8. The van der Waals surface area contributed by atoms with Gasteiger partial charge in [0.1, 0.15) is 11.3 Å². The molecule has 0 aliphatic carbocycles. The van der Waals surface area contributed by atoms with Crippen LogP contribution in [-0.4, -0.2) is 56.5 Å². The molecule has 0 radical (unpaired) electrons. The van der Waals surface area contributed by atoms with Crippen molar-refractivity contribution in [1.82, 2.24) is 10.2 Å². The lowest BCUT2D eigenvalue weighted by molar-refractivity contribution is 0.353. The van der Waals surface area contributed by atoms with Crippen molar-refractivity contribution >= 4 is 26.8 Å². The molecule has 6 nitrogen and oxygen atoms in total. The molecular formula is C18H25N3O3S. The molecule has 1 aromatic heterocycles. The maximum Gasteiger partial charge on any atom is 0.193 e. The van der Waals surface area contributed by atoms with E-state index in [-0.39, 0.29) is 5.75 Å².